The van der Waals surface area contributed by atoms with Gasteiger partial charge in [0, 0.05) is 0 Å². The Hall–Kier alpha value is -0.800. The third-order valence-electron chi connectivity index (χ3n) is 1.35. The molecule has 0 amide bonds. The molecular formula is C7H5F4. The van der Waals surface area contributed by atoms with Crippen molar-refractivity contribution in [1.82, 2.24) is 0 Å². The first-order valence-corrected chi connectivity index (χ1v) is 2.91. The fourth-order valence-corrected chi connectivity index (χ4v) is 0.697. The number of rotatable bonds is 0. The van der Waals surface area contributed by atoms with E-state index in [-0.39, 0.29) is 12.2 Å². The molecule has 61 valence electrons. The zero-order valence-corrected chi connectivity index (χ0v) is 5.67. The van der Waals surface area contributed by atoms with Gasteiger partial charge in [0.15, 0.2) is 5.67 Å². The maximum atomic E-state index is 12.7. The Bertz CT molecular complexity index is 227. The summed E-state index contributed by atoms with van der Waals surface area (Å²) in [7, 11) is 0. The molecule has 1 unspecified atom stereocenters. The molecule has 0 saturated carbocycles. The van der Waals surface area contributed by atoms with E-state index in [0.717, 1.165) is 6.92 Å². The fraction of sp³-hybridized carbons (Fsp3) is 0.286. The molecule has 4 heteroatoms. The summed E-state index contributed by atoms with van der Waals surface area (Å²) in [6, 6.07) is 0. The lowest BCUT2D eigenvalue weighted by Crippen LogP contribution is -2.20. The summed E-state index contributed by atoms with van der Waals surface area (Å²) in [5, 5.41) is 0. The quantitative estimate of drug-likeness (QED) is 0.484. The molecule has 11 heavy (non-hydrogen) atoms. The van der Waals surface area contributed by atoms with Crippen molar-refractivity contribution in [3.63, 3.8) is 0 Å². The van der Waals surface area contributed by atoms with Gasteiger partial charge < -0.3 is 0 Å². The van der Waals surface area contributed by atoms with Gasteiger partial charge in [0.2, 0.25) is 6.17 Å². The summed E-state index contributed by atoms with van der Waals surface area (Å²) in [5.41, 5.74) is -2.51. The van der Waals surface area contributed by atoms with E-state index in [1.165, 1.54) is 0 Å². The third-order valence-corrected chi connectivity index (χ3v) is 1.35. The molecule has 0 aliphatic heterocycles. The van der Waals surface area contributed by atoms with Crippen molar-refractivity contribution >= 4 is 0 Å². The van der Waals surface area contributed by atoms with Crippen molar-refractivity contribution in [3.05, 3.63) is 30.0 Å². The first kappa shape index (κ1) is 8.30. The van der Waals surface area contributed by atoms with Crippen LogP contribution in [-0.4, -0.2) is 5.67 Å². The fourth-order valence-electron chi connectivity index (χ4n) is 0.697. The molecule has 0 spiro atoms. The van der Waals surface area contributed by atoms with Gasteiger partial charge in [-0.25, -0.2) is 17.6 Å². The van der Waals surface area contributed by atoms with Crippen LogP contribution in [0.15, 0.2) is 23.8 Å². The van der Waals surface area contributed by atoms with Gasteiger partial charge in [0.05, 0.1) is 0 Å². The van der Waals surface area contributed by atoms with Crippen LogP contribution < -0.4 is 0 Å². The standard InChI is InChI=1S/C7H5F4/c1-7(11)3-5(9)4(8)2-6(7)10/h2-3H,1H3. The predicted molar refractivity (Wildman–Crippen MR) is 32.2 cm³/mol. The first-order valence-electron chi connectivity index (χ1n) is 2.91. The molecule has 0 fully saturated rings. The van der Waals surface area contributed by atoms with Gasteiger partial charge in [-0.15, -0.1) is 0 Å². The van der Waals surface area contributed by atoms with Crippen LogP contribution in [0.4, 0.5) is 17.6 Å². The number of allylic oxidation sites excluding steroid dienone is 4. The largest absolute Gasteiger partial charge is 0.232 e. The van der Waals surface area contributed by atoms with Crippen molar-refractivity contribution in [2.24, 2.45) is 0 Å². The Labute approximate surface area is 61.2 Å². The monoisotopic (exact) mass is 165 g/mol. The topological polar surface area (TPSA) is 0 Å². The van der Waals surface area contributed by atoms with Crippen LogP contribution in [0.1, 0.15) is 6.92 Å². The smallest absolute Gasteiger partial charge is 0.226 e. The van der Waals surface area contributed by atoms with E-state index < -0.39 is 23.5 Å². The third kappa shape index (κ3) is 1.44. The lowest BCUT2D eigenvalue weighted by atomic mass is 9.99. The minimum Gasteiger partial charge on any atom is -0.232 e. The number of alkyl halides is 1. The molecule has 0 aromatic rings. The minimum atomic E-state index is -2.51. The lowest BCUT2D eigenvalue weighted by Gasteiger charge is -2.18. The maximum absolute atomic E-state index is 12.7. The average Bonchev–Trinajstić information content (AvgIpc) is 1.83. The molecule has 0 aromatic carbocycles. The van der Waals surface area contributed by atoms with Gasteiger partial charge in [-0.2, -0.15) is 0 Å². The van der Waals surface area contributed by atoms with E-state index >= 15 is 0 Å². The summed E-state index contributed by atoms with van der Waals surface area (Å²) in [5.74, 6) is -2.69. The predicted octanol–water partition coefficient (Wildman–Crippen LogP) is 2.94. The van der Waals surface area contributed by atoms with Crippen molar-refractivity contribution in [2.75, 3.05) is 0 Å². The van der Waals surface area contributed by atoms with Crippen LogP contribution in [0, 0.1) is 6.17 Å². The van der Waals surface area contributed by atoms with Crippen LogP contribution in [0.2, 0.25) is 0 Å². The summed E-state index contributed by atoms with van der Waals surface area (Å²) in [6.45, 7) is 0.810. The van der Waals surface area contributed by atoms with Gasteiger partial charge in [-0.3, -0.25) is 0 Å². The van der Waals surface area contributed by atoms with Gasteiger partial charge in [-0.1, -0.05) is 0 Å². The summed E-state index contributed by atoms with van der Waals surface area (Å²) in [6.07, 6.45) is -0.912. The second kappa shape index (κ2) is 2.36. The molecule has 1 radical (unpaired) electrons. The summed E-state index contributed by atoms with van der Waals surface area (Å²) >= 11 is 0. The molecule has 0 saturated heterocycles. The Balaban J connectivity index is 2.98. The Morgan fingerprint density at radius 1 is 1.27 bits per heavy atom. The van der Waals surface area contributed by atoms with E-state index in [2.05, 4.69) is 0 Å². The molecule has 1 atom stereocenters. The van der Waals surface area contributed by atoms with Crippen LogP contribution in [0.25, 0.3) is 0 Å². The van der Waals surface area contributed by atoms with E-state index in [0.29, 0.717) is 0 Å². The van der Waals surface area contributed by atoms with Crippen molar-refractivity contribution in [1.29, 1.82) is 0 Å². The molecule has 1 aliphatic rings. The van der Waals surface area contributed by atoms with Crippen molar-refractivity contribution in [3.8, 4) is 0 Å². The first-order chi connectivity index (χ1) is 4.93. The number of hydrogen-bond acceptors (Lipinski definition) is 0. The molecule has 0 nitrogen and oxygen atoms in total. The zero-order valence-electron chi connectivity index (χ0n) is 5.67. The summed E-state index contributed by atoms with van der Waals surface area (Å²) in [4.78, 5) is 0. The average molecular weight is 165 g/mol. The minimum absolute atomic E-state index is 0.204. The molecule has 0 bridgehead atoms. The zero-order chi connectivity index (χ0) is 8.65. The van der Waals surface area contributed by atoms with Gasteiger partial charge >= 0.3 is 0 Å². The van der Waals surface area contributed by atoms with E-state index in [9.17, 15) is 17.6 Å². The molecule has 1 aliphatic carbocycles. The second-order valence-electron chi connectivity index (χ2n) is 2.41. The number of halogens is 4. The molecule has 0 N–H and O–H groups in total. The van der Waals surface area contributed by atoms with E-state index in [4.69, 9.17) is 0 Å². The highest BCUT2D eigenvalue weighted by molar-refractivity contribution is 5.37. The van der Waals surface area contributed by atoms with E-state index in [1.807, 2.05) is 0 Å². The van der Waals surface area contributed by atoms with E-state index in [1.54, 1.807) is 0 Å². The highest BCUT2D eigenvalue weighted by Crippen LogP contribution is 2.36. The summed E-state index contributed by atoms with van der Waals surface area (Å²) < 4.78 is 49.6. The van der Waals surface area contributed by atoms with Gasteiger partial charge in [0.25, 0.3) is 0 Å². The Morgan fingerprint density at radius 3 is 2.27 bits per heavy atom. The lowest BCUT2D eigenvalue weighted by molar-refractivity contribution is 0.244. The second-order valence-corrected chi connectivity index (χ2v) is 2.41. The molecular weight excluding hydrogens is 160 g/mol. The Kier molecular flexibility index (Phi) is 1.78. The van der Waals surface area contributed by atoms with Crippen LogP contribution in [-0.2, 0) is 0 Å². The van der Waals surface area contributed by atoms with Crippen LogP contribution in [0.5, 0.6) is 0 Å². The molecule has 1 rings (SSSR count). The van der Waals surface area contributed by atoms with Crippen molar-refractivity contribution in [2.45, 2.75) is 12.6 Å². The number of hydrogen-bond donors (Lipinski definition) is 0. The highest BCUT2D eigenvalue weighted by Gasteiger charge is 2.35. The molecule has 0 aromatic heterocycles. The van der Waals surface area contributed by atoms with Crippen molar-refractivity contribution < 1.29 is 17.6 Å². The highest BCUT2D eigenvalue weighted by atomic mass is 19.2. The SMILES string of the molecule is CC1(F)C=C(F)[C](F)C=C1F. The van der Waals surface area contributed by atoms with Crippen LogP contribution >= 0.6 is 0 Å². The Morgan fingerprint density at radius 2 is 1.82 bits per heavy atom. The van der Waals surface area contributed by atoms with Crippen LogP contribution in [0.3, 0.4) is 0 Å². The molecule has 0 heterocycles. The van der Waals surface area contributed by atoms with Gasteiger partial charge in [-0.05, 0) is 19.1 Å². The maximum Gasteiger partial charge on any atom is 0.226 e. The van der Waals surface area contributed by atoms with Gasteiger partial charge in [0.1, 0.15) is 11.7 Å². The normalized spacial score (nSPS) is 33.2.